The normalized spacial score (nSPS) is 18.4. The highest BCUT2D eigenvalue weighted by atomic mass is 32.2. The Morgan fingerprint density at radius 2 is 2.06 bits per heavy atom. The van der Waals surface area contributed by atoms with Crippen molar-refractivity contribution in [3.8, 4) is 0 Å². The van der Waals surface area contributed by atoms with Gasteiger partial charge in [0.25, 0.3) is 0 Å². The van der Waals surface area contributed by atoms with Crippen molar-refractivity contribution in [2.45, 2.75) is 30.4 Å². The molecule has 1 saturated carbocycles. The number of nitrogens with zero attached hydrogens (tertiary/aromatic N) is 1. The summed E-state index contributed by atoms with van der Waals surface area (Å²) in [6.45, 7) is 0. The number of para-hydroxylation sites is 1. The van der Waals surface area contributed by atoms with Crippen molar-refractivity contribution in [2.75, 3.05) is 5.32 Å². The van der Waals surface area contributed by atoms with Crippen LogP contribution in [0.2, 0.25) is 0 Å². The maximum atomic E-state index is 4.78. The monoisotopic (exact) mass is 242 g/mol. The molecule has 17 heavy (non-hydrogen) atoms. The second kappa shape index (κ2) is 3.64. The molecule has 1 fully saturated rings. The second-order valence-electron chi connectivity index (χ2n) is 4.84. The van der Waals surface area contributed by atoms with Crippen LogP contribution >= 0.6 is 11.8 Å². The van der Waals surface area contributed by atoms with Crippen molar-refractivity contribution in [1.29, 1.82) is 0 Å². The largest absolute Gasteiger partial charge is 0.381 e. The molecular weight excluding hydrogens is 228 g/mol. The Morgan fingerprint density at radius 3 is 2.94 bits per heavy atom. The zero-order valence-corrected chi connectivity index (χ0v) is 10.4. The van der Waals surface area contributed by atoms with Gasteiger partial charge in [-0.15, -0.1) is 0 Å². The summed E-state index contributed by atoms with van der Waals surface area (Å²) in [5, 5.41) is 5.00. The lowest BCUT2D eigenvalue weighted by Crippen LogP contribution is -2.06. The third kappa shape index (κ3) is 1.61. The lowest BCUT2D eigenvalue weighted by Gasteiger charge is -2.13. The van der Waals surface area contributed by atoms with Gasteiger partial charge < -0.3 is 5.32 Å². The van der Waals surface area contributed by atoms with Crippen LogP contribution in [-0.2, 0) is 11.5 Å². The molecule has 2 nitrogen and oxygen atoms in total. The van der Waals surface area contributed by atoms with Crippen molar-refractivity contribution in [1.82, 2.24) is 4.98 Å². The highest BCUT2D eigenvalue weighted by Crippen LogP contribution is 2.40. The smallest absolute Gasteiger partial charge is 0.0726 e. The van der Waals surface area contributed by atoms with Crippen molar-refractivity contribution >= 4 is 28.4 Å². The summed E-state index contributed by atoms with van der Waals surface area (Å²) in [6, 6.07) is 9.20. The molecule has 0 atom stereocenters. The molecule has 0 bridgehead atoms. The molecule has 0 spiro atoms. The molecule has 3 heteroatoms. The quantitative estimate of drug-likeness (QED) is 0.871. The van der Waals surface area contributed by atoms with Crippen LogP contribution in [-0.4, -0.2) is 11.0 Å². The molecular formula is C14H14N2S. The number of anilines is 1. The molecule has 0 unspecified atom stereocenters. The number of hydrogen-bond acceptors (Lipinski definition) is 3. The SMILES string of the molecule is c1ccc2c(NC3CC3)c3c(nc2c1)CSC3. The molecule has 1 aliphatic heterocycles. The molecule has 0 saturated heterocycles. The Bertz CT molecular complexity index is 590. The van der Waals surface area contributed by atoms with Crippen molar-refractivity contribution in [2.24, 2.45) is 0 Å². The fraction of sp³-hybridized carbons (Fsp3) is 0.357. The van der Waals surface area contributed by atoms with E-state index in [1.54, 1.807) is 0 Å². The number of thioether (sulfide) groups is 1. The lowest BCUT2D eigenvalue weighted by molar-refractivity contribution is 1.13. The second-order valence-corrected chi connectivity index (χ2v) is 5.83. The van der Waals surface area contributed by atoms with E-state index >= 15 is 0 Å². The van der Waals surface area contributed by atoms with Gasteiger partial charge in [-0.3, -0.25) is 4.98 Å². The van der Waals surface area contributed by atoms with E-state index in [-0.39, 0.29) is 0 Å². The van der Waals surface area contributed by atoms with Crippen LogP contribution in [0.1, 0.15) is 24.1 Å². The van der Waals surface area contributed by atoms with Crippen LogP contribution in [0.25, 0.3) is 10.9 Å². The first-order valence-corrected chi connectivity index (χ1v) is 7.32. The molecule has 2 aliphatic rings. The fourth-order valence-corrected chi connectivity index (χ4v) is 3.47. The number of benzene rings is 1. The van der Waals surface area contributed by atoms with Crippen LogP contribution in [0, 0.1) is 0 Å². The minimum Gasteiger partial charge on any atom is -0.381 e. The molecule has 86 valence electrons. The molecule has 4 rings (SSSR count). The molecule has 1 aromatic carbocycles. The molecule has 1 aliphatic carbocycles. The van der Waals surface area contributed by atoms with Gasteiger partial charge >= 0.3 is 0 Å². The summed E-state index contributed by atoms with van der Waals surface area (Å²) in [5.41, 5.74) is 5.23. The topological polar surface area (TPSA) is 24.9 Å². The average Bonchev–Trinajstić information content (AvgIpc) is 3.05. The molecule has 0 amide bonds. The van der Waals surface area contributed by atoms with Gasteiger partial charge in [0.05, 0.1) is 11.2 Å². The van der Waals surface area contributed by atoms with Crippen molar-refractivity contribution < 1.29 is 0 Å². The van der Waals surface area contributed by atoms with E-state index in [9.17, 15) is 0 Å². The van der Waals surface area contributed by atoms with Gasteiger partial charge in [-0.25, -0.2) is 0 Å². The predicted molar refractivity (Wildman–Crippen MR) is 73.4 cm³/mol. The van der Waals surface area contributed by atoms with Gasteiger partial charge in [0.15, 0.2) is 0 Å². The number of pyridine rings is 1. The van der Waals surface area contributed by atoms with E-state index in [1.807, 2.05) is 11.8 Å². The predicted octanol–water partition coefficient (Wildman–Crippen LogP) is 3.56. The molecule has 2 aromatic rings. The first-order valence-electron chi connectivity index (χ1n) is 6.16. The summed E-state index contributed by atoms with van der Waals surface area (Å²) >= 11 is 1.97. The average molecular weight is 242 g/mol. The van der Waals surface area contributed by atoms with Gasteiger partial charge in [0.2, 0.25) is 0 Å². The summed E-state index contributed by atoms with van der Waals surface area (Å²) in [5.74, 6) is 2.18. The van der Waals surface area contributed by atoms with Gasteiger partial charge in [0, 0.05) is 34.2 Å². The van der Waals surface area contributed by atoms with E-state index in [2.05, 4.69) is 29.6 Å². The molecule has 1 aromatic heterocycles. The maximum absolute atomic E-state index is 4.78. The summed E-state index contributed by atoms with van der Waals surface area (Å²) in [4.78, 5) is 4.78. The minimum absolute atomic E-state index is 0.704. The van der Waals surface area contributed by atoms with Crippen LogP contribution in [0.5, 0.6) is 0 Å². The first kappa shape index (κ1) is 9.77. The Kier molecular flexibility index (Phi) is 2.09. The van der Waals surface area contributed by atoms with Gasteiger partial charge in [-0.1, -0.05) is 18.2 Å². The number of rotatable bonds is 2. The lowest BCUT2D eigenvalue weighted by atomic mass is 10.1. The standard InChI is InChI=1S/C14H14N2S/c1-2-4-12-10(3-1)14(15-9-5-6-9)11-7-17-8-13(11)16-12/h1-4,9H,5-8H2,(H,15,16). The zero-order chi connectivity index (χ0) is 11.2. The third-order valence-electron chi connectivity index (χ3n) is 3.49. The van der Waals surface area contributed by atoms with Crippen molar-refractivity contribution in [3.05, 3.63) is 35.5 Å². The van der Waals surface area contributed by atoms with Crippen LogP contribution in [0.3, 0.4) is 0 Å². The Morgan fingerprint density at radius 1 is 1.18 bits per heavy atom. The Hall–Kier alpha value is -1.22. The number of fused-ring (bicyclic) bond motifs is 2. The summed E-state index contributed by atoms with van der Waals surface area (Å²) < 4.78 is 0. The minimum atomic E-state index is 0.704. The summed E-state index contributed by atoms with van der Waals surface area (Å²) in [6.07, 6.45) is 2.64. The van der Waals surface area contributed by atoms with E-state index in [4.69, 9.17) is 4.98 Å². The van der Waals surface area contributed by atoms with Crippen LogP contribution in [0.15, 0.2) is 24.3 Å². The summed E-state index contributed by atoms with van der Waals surface area (Å²) in [7, 11) is 0. The number of nitrogens with one attached hydrogen (secondary N) is 1. The molecule has 0 radical (unpaired) electrons. The van der Waals surface area contributed by atoms with E-state index in [1.165, 1.54) is 35.2 Å². The van der Waals surface area contributed by atoms with Gasteiger partial charge in [-0.2, -0.15) is 11.8 Å². The van der Waals surface area contributed by atoms with Crippen LogP contribution < -0.4 is 5.32 Å². The zero-order valence-electron chi connectivity index (χ0n) is 9.57. The van der Waals surface area contributed by atoms with E-state index in [0.717, 1.165) is 17.0 Å². The first-order chi connectivity index (χ1) is 8.42. The highest BCUT2D eigenvalue weighted by molar-refractivity contribution is 7.98. The molecule has 2 heterocycles. The Labute approximate surface area is 105 Å². The molecule has 1 N–H and O–H groups in total. The number of hydrogen-bond donors (Lipinski definition) is 1. The van der Waals surface area contributed by atoms with Crippen molar-refractivity contribution in [3.63, 3.8) is 0 Å². The highest BCUT2D eigenvalue weighted by Gasteiger charge is 2.26. The third-order valence-corrected chi connectivity index (χ3v) is 4.46. The van der Waals surface area contributed by atoms with Gasteiger partial charge in [0.1, 0.15) is 0 Å². The van der Waals surface area contributed by atoms with E-state index < -0.39 is 0 Å². The fourth-order valence-electron chi connectivity index (χ4n) is 2.42. The Balaban J connectivity index is 1.98. The van der Waals surface area contributed by atoms with Crippen LogP contribution in [0.4, 0.5) is 5.69 Å². The number of aromatic nitrogens is 1. The van der Waals surface area contributed by atoms with E-state index in [0.29, 0.717) is 6.04 Å². The maximum Gasteiger partial charge on any atom is 0.0726 e. The van der Waals surface area contributed by atoms with Gasteiger partial charge in [-0.05, 0) is 18.9 Å².